The van der Waals surface area contributed by atoms with Crippen LogP contribution >= 0.6 is 0 Å². The number of carbonyl (C=O) groups is 2. The predicted molar refractivity (Wildman–Crippen MR) is 301 cm³/mol. The van der Waals surface area contributed by atoms with Crippen molar-refractivity contribution < 1.29 is 49.3 Å². The number of ether oxygens (including phenoxy) is 3. The van der Waals surface area contributed by atoms with Crippen LogP contribution in [0.1, 0.15) is 220 Å². The maximum atomic E-state index is 13.4. The zero-order chi connectivity index (χ0) is 53.3. The van der Waals surface area contributed by atoms with Crippen LogP contribution in [0.25, 0.3) is 0 Å². The van der Waals surface area contributed by atoms with Crippen LogP contribution in [0.2, 0.25) is 0 Å². The van der Waals surface area contributed by atoms with Crippen molar-refractivity contribution in [3.63, 3.8) is 0 Å². The van der Waals surface area contributed by atoms with Crippen LogP contribution < -0.4 is 5.32 Å². The smallest absolute Gasteiger partial charge is 0.306 e. The third-order valence-corrected chi connectivity index (χ3v) is 13.0. The molecule has 0 spiro atoms. The number of esters is 1. The zero-order valence-corrected chi connectivity index (χ0v) is 46.0. The quantitative estimate of drug-likeness (QED) is 0.0149. The molecule has 418 valence electrons. The molecule has 8 atom stereocenters. The Morgan fingerprint density at radius 3 is 1.62 bits per heavy atom. The van der Waals surface area contributed by atoms with Crippen molar-refractivity contribution in [2.75, 3.05) is 13.2 Å². The van der Waals surface area contributed by atoms with Gasteiger partial charge in [0.1, 0.15) is 24.4 Å². The number of aliphatic hydroxyl groups is 5. The molecule has 0 aliphatic carbocycles. The van der Waals surface area contributed by atoms with E-state index < -0.39 is 67.4 Å². The van der Waals surface area contributed by atoms with Gasteiger partial charge in [0.05, 0.1) is 25.4 Å². The van der Waals surface area contributed by atoms with Crippen LogP contribution in [0.5, 0.6) is 0 Å². The molecule has 0 aromatic rings. The molecule has 1 fully saturated rings. The number of hydrogen-bond acceptors (Lipinski definition) is 10. The van der Waals surface area contributed by atoms with Crippen molar-refractivity contribution in [1.29, 1.82) is 0 Å². The normalized spacial score (nSPS) is 20.1. The molecular weight excluding hydrogens is 919 g/mol. The van der Waals surface area contributed by atoms with E-state index in [-0.39, 0.29) is 19.4 Å². The number of amides is 1. The second-order valence-corrected chi connectivity index (χ2v) is 19.7. The summed E-state index contributed by atoms with van der Waals surface area (Å²) in [7, 11) is 0. The van der Waals surface area contributed by atoms with E-state index in [1.807, 2.05) is 30.4 Å². The minimum Gasteiger partial charge on any atom is -0.454 e. The Labute approximate surface area is 444 Å². The van der Waals surface area contributed by atoms with Crippen LogP contribution in [-0.4, -0.2) is 99.6 Å². The van der Waals surface area contributed by atoms with Gasteiger partial charge in [0.2, 0.25) is 5.91 Å². The maximum Gasteiger partial charge on any atom is 0.306 e. The third-order valence-electron chi connectivity index (χ3n) is 13.0. The Hall–Kier alpha value is -3.42. The van der Waals surface area contributed by atoms with Crippen molar-refractivity contribution >= 4 is 11.9 Å². The molecular formula is C62H105NO10. The molecule has 11 heteroatoms. The summed E-state index contributed by atoms with van der Waals surface area (Å²) in [6.07, 6.45) is 54.5. The molecule has 0 radical (unpaired) electrons. The summed E-state index contributed by atoms with van der Waals surface area (Å²) in [4.78, 5) is 26.4. The van der Waals surface area contributed by atoms with Gasteiger partial charge in [-0.25, -0.2) is 0 Å². The van der Waals surface area contributed by atoms with Crippen molar-refractivity contribution in [3.05, 3.63) is 97.2 Å². The predicted octanol–water partition coefficient (Wildman–Crippen LogP) is 13.2. The summed E-state index contributed by atoms with van der Waals surface area (Å²) in [5.74, 6) is -1.27. The van der Waals surface area contributed by atoms with E-state index in [1.54, 1.807) is 6.08 Å². The van der Waals surface area contributed by atoms with E-state index >= 15 is 0 Å². The van der Waals surface area contributed by atoms with Crippen LogP contribution in [0.4, 0.5) is 0 Å². The fraction of sp³-hybridized carbons (Fsp3) is 0.710. The van der Waals surface area contributed by atoms with E-state index in [0.29, 0.717) is 19.3 Å². The molecule has 1 aliphatic rings. The number of unbranched alkanes of at least 4 members (excludes halogenated alkanes) is 21. The van der Waals surface area contributed by atoms with E-state index in [1.165, 1.54) is 70.6 Å². The first-order chi connectivity index (χ1) is 35.7. The monoisotopic (exact) mass is 1020 g/mol. The summed E-state index contributed by atoms with van der Waals surface area (Å²) in [5, 5.41) is 56.8. The summed E-state index contributed by atoms with van der Waals surface area (Å²) in [5.41, 5.74) is 0. The molecule has 1 aliphatic heterocycles. The lowest BCUT2D eigenvalue weighted by Crippen LogP contribution is -2.61. The average Bonchev–Trinajstić information content (AvgIpc) is 3.39. The highest BCUT2D eigenvalue weighted by atomic mass is 16.7. The van der Waals surface area contributed by atoms with Crippen molar-refractivity contribution in [2.24, 2.45) is 0 Å². The first-order valence-electron chi connectivity index (χ1n) is 29.0. The lowest BCUT2D eigenvalue weighted by Gasteiger charge is -2.41. The molecule has 0 saturated carbocycles. The molecule has 0 bridgehead atoms. The number of rotatable bonds is 47. The van der Waals surface area contributed by atoms with Gasteiger partial charge < -0.3 is 45.1 Å². The molecule has 6 N–H and O–H groups in total. The Morgan fingerprint density at radius 1 is 0.562 bits per heavy atom. The fourth-order valence-corrected chi connectivity index (χ4v) is 8.41. The molecule has 0 aromatic heterocycles. The van der Waals surface area contributed by atoms with Crippen molar-refractivity contribution in [1.82, 2.24) is 5.32 Å². The van der Waals surface area contributed by atoms with Gasteiger partial charge >= 0.3 is 5.97 Å². The highest BCUT2D eigenvalue weighted by molar-refractivity contribution is 5.80. The molecule has 1 amide bonds. The molecule has 8 unspecified atom stereocenters. The van der Waals surface area contributed by atoms with Gasteiger partial charge in [-0.1, -0.05) is 227 Å². The first kappa shape index (κ1) is 67.6. The number of hydrogen-bond donors (Lipinski definition) is 6. The van der Waals surface area contributed by atoms with E-state index in [9.17, 15) is 35.1 Å². The van der Waals surface area contributed by atoms with Gasteiger partial charge in [0.25, 0.3) is 0 Å². The fourth-order valence-electron chi connectivity index (χ4n) is 8.41. The van der Waals surface area contributed by atoms with Gasteiger partial charge in [-0.15, -0.1) is 0 Å². The Morgan fingerprint density at radius 2 is 1.04 bits per heavy atom. The lowest BCUT2D eigenvalue weighted by atomic mass is 9.99. The average molecular weight is 1020 g/mol. The van der Waals surface area contributed by atoms with Crippen LogP contribution in [0, 0.1) is 0 Å². The highest BCUT2D eigenvalue weighted by Gasteiger charge is 2.47. The third kappa shape index (κ3) is 37.9. The summed E-state index contributed by atoms with van der Waals surface area (Å²) < 4.78 is 17.5. The number of nitrogens with one attached hydrogen (secondary N) is 1. The topological polar surface area (TPSA) is 175 Å². The Kier molecular flexibility index (Phi) is 45.8. The minimum absolute atomic E-state index is 0.0416. The molecule has 73 heavy (non-hydrogen) atoms. The van der Waals surface area contributed by atoms with E-state index in [4.69, 9.17) is 14.2 Å². The van der Waals surface area contributed by atoms with Gasteiger partial charge in [0, 0.05) is 6.42 Å². The summed E-state index contributed by atoms with van der Waals surface area (Å²) in [6, 6.07) is -1.05. The standard InChI is InChI=1S/C62H105NO10/c1-4-7-10-13-16-19-22-25-27-28-29-32-35-38-41-44-47-50-57(67)73-60-59(69)58(68)56(51-64)72-62(60)71-52-53(54(65)48-45-42-39-36-33-30-24-21-18-15-12-9-6-3)63-61(70)55(66)49-46-43-40-37-34-31-26-23-20-17-14-11-8-5-2/h8,11,14,16-17,19-20,23,25,27,29,32,38,41,45,48,53-56,58-60,62,64-66,68-69H,4-7,9-10,12-13,15,18,21-22,24,26,28,30-31,33-37,39-40,42-44,46-47,49-52H2,1-3H3,(H,63,70)/b11-8+,17-14+,19-16-,23-20+,27-25-,32-29-,41-38-,48-45+. The van der Waals surface area contributed by atoms with Gasteiger partial charge in [0.15, 0.2) is 12.4 Å². The molecule has 0 aromatic carbocycles. The molecule has 1 rings (SSSR count). The summed E-state index contributed by atoms with van der Waals surface area (Å²) in [6.45, 7) is 5.57. The molecule has 1 saturated heterocycles. The van der Waals surface area contributed by atoms with Gasteiger partial charge in [-0.3, -0.25) is 9.59 Å². The lowest BCUT2D eigenvalue weighted by molar-refractivity contribution is -0.305. The van der Waals surface area contributed by atoms with E-state index in [0.717, 1.165) is 96.3 Å². The van der Waals surface area contributed by atoms with Crippen molar-refractivity contribution in [3.8, 4) is 0 Å². The van der Waals surface area contributed by atoms with E-state index in [2.05, 4.69) is 86.8 Å². The second-order valence-electron chi connectivity index (χ2n) is 19.7. The SMILES string of the molecule is CC/C=C/C=C/C=C/CCCCCCCCC(O)C(=O)NC(COC1OC(CO)C(O)C(O)C1OC(=O)CCC/C=C\C/C=C\C/C=C\C/C=C\CCCCC)C(O)/C=C/CCCCCCCCCCCCC. The number of aliphatic hydroxyl groups excluding tert-OH is 5. The van der Waals surface area contributed by atoms with Crippen molar-refractivity contribution in [2.45, 2.75) is 269 Å². The largest absolute Gasteiger partial charge is 0.454 e. The zero-order valence-electron chi connectivity index (χ0n) is 46.0. The number of carbonyl (C=O) groups excluding carboxylic acids is 2. The van der Waals surface area contributed by atoms with Crippen LogP contribution in [0.15, 0.2) is 97.2 Å². The Bertz CT molecular complexity index is 1550. The van der Waals surface area contributed by atoms with Crippen LogP contribution in [-0.2, 0) is 23.8 Å². The Balaban J connectivity index is 2.78. The molecule has 1 heterocycles. The van der Waals surface area contributed by atoms with Crippen LogP contribution in [0.3, 0.4) is 0 Å². The highest BCUT2D eigenvalue weighted by Crippen LogP contribution is 2.26. The molecule has 11 nitrogen and oxygen atoms in total. The minimum atomic E-state index is -1.64. The summed E-state index contributed by atoms with van der Waals surface area (Å²) >= 11 is 0. The number of allylic oxidation sites excluding steroid dienone is 15. The van der Waals surface area contributed by atoms with Gasteiger partial charge in [-0.2, -0.15) is 0 Å². The first-order valence-corrected chi connectivity index (χ1v) is 29.0. The maximum absolute atomic E-state index is 13.4. The van der Waals surface area contributed by atoms with Gasteiger partial charge in [-0.05, 0) is 83.5 Å². The second kappa shape index (κ2) is 49.5.